The number of allylic oxidation sites excluding steroid dienone is 2. The maximum Gasteiger partial charge on any atom is 0.273 e. The van der Waals surface area contributed by atoms with Crippen LogP contribution in [0, 0.1) is 5.92 Å². The van der Waals surface area contributed by atoms with E-state index in [2.05, 4.69) is 0 Å². The van der Waals surface area contributed by atoms with Crippen molar-refractivity contribution in [2.24, 2.45) is 5.92 Å². The third-order valence-electron chi connectivity index (χ3n) is 2.82. The van der Waals surface area contributed by atoms with Gasteiger partial charge in [0.05, 0.1) is 4.75 Å². The van der Waals surface area contributed by atoms with E-state index in [9.17, 15) is 13.0 Å². The van der Waals surface area contributed by atoms with E-state index < -0.39 is 20.1 Å². The summed E-state index contributed by atoms with van der Waals surface area (Å²) in [4.78, 5) is 0. The van der Waals surface area contributed by atoms with Gasteiger partial charge in [0.2, 0.25) is 0 Å². The molecule has 0 spiro atoms. The number of rotatable bonds is 4. The Balaban J connectivity index is 3.23. The summed E-state index contributed by atoms with van der Waals surface area (Å²) in [7, 11) is -4.06. The van der Waals surface area contributed by atoms with Crippen LogP contribution in [0.5, 0.6) is 0 Å². The molecule has 1 aliphatic carbocycles. The summed E-state index contributed by atoms with van der Waals surface area (Å²) in [6.07, 6.45) is 6.99. The van der Waals surface area contributed by atoms with Gasteiger partial charge in [-0.05, 0) is 11.7 Å². The van der Waals surface area contributed by atoms with Crippen LogP contribution < -0.4 is 0 Å². The van der Waals surface area contributed by atoms with Gasteiger partial charge in [0.25, 0.3) is 10.1 Å². The van der Waals surface area contributed by atoms with Gasteiger partial charge in [-0.15, -0.1) is 11.8 Å². The second kappa shape index (κ2) is 4.94. The lowest BCUT2D eigenvalue weighted by Crippen LogP contribution is -2.46. The van der Waals surface area contributed by atoms with Crippen molar-refractivity contribution in [1.82, 2.24) is 0 Å². The van der Waals surface area contributed by atoms with E-state index in [0.29, 0.717) is 0 Å². The molecule has 1 rings (SSSR count). The Labute approximate surface area is 102 Å². The van der Waals surface area contributed by atoms with Crippen LogP contribution in [-0.2, 0) is 10.1 Å². The van der Waals surface area contributed by atoms with E-state index in [1.54, 1.807) is 23.9 Å². The monoisotopic (exact) mass is 262 g/mol. The van der Waals surface area contributed by atoms with E-state index in [1.165, 1.54) is 0 Å². The first-order valence-electron chi connectivity index (χ1n) is 5.31. The third kappa shape index (κ3) is 2.52. The molecule has 1 aliphatic rings. The second-order valence-corrected chi connectivity index (χ2v) is 7.23. The number of hydrogen-bond acceptors (Lipinski definition) is 3. The summed E-state index contributed by atoms with van der Waals surface area (Å²) in [5, 5.41) is -0.852. The van der Waals surface area contributed by atoms with Gasteiger partial charge in [0.1, 0.15) is 5.25 Å². The molecule has 1 N–H and O–H groups in total. The lowest BCUT2D eigenvalue weighted by Gasteiger charge is -2.39. The van der Waals surface area contributed by atoms with Gasteiger partial charge in [-0.3, -0.25) is 4.55 Å². The summed E-state index contributed by atoms with van der Waals surface area (Å²) in [6, 6.07) is 0. The van der Waals surface area contributed by atoms with E-state index in [0.717, 1.165) is 5.75 Å². The second-order valence-electron chi connectivity index (χ2n) is 4.12. The molecule has 2 atom stereocenters. The van der Waals surface area contributed by atoms with Crippen LogP contribution in [0.4, 0.5) is 0 Å². The summed E-state index contributed by atoms with van der Waals surface area (Å²) in [5.41, 5.74) is 0. The zero-order valence-corrected chi connectivity index (χ0v) is 11.4. The standard InChI is InChI=1S/C11H18O3S2/c1-4-15-11(9(2)3)8-6-5-7-10(11)16(12,13)14/h5-10H,4H2,1-3H3,(H,12,13,14). The fourth-order valence-electron chi connectivity index (χ4n) is 2.02. The Morgan fingerprint density at radius 1 is 1.44 bits per heavy atom. The van der Waals surface area contributed by atoms with Gasteiger partial charge in [0.15, 0.2) is 0 Å². The molecule has 16 heavy (non-hydrogen) atoms. The van der Waals surface area contributed by atoms with Crippen molar-refractivity contribution in [1.29, 1.82) is 0 Å². The van der Waals surface area contributed by atoms with E-state index in [-0.39, 0.29) is 5.92 Å². The average molecular weight is 262 g/mol. The molecular formula is C11H18O3S2. The first-order chi connectivity index (χ1) is 7.34. The Kier molecular flexibility index (Phi) is 4.26. The summed E-state index contributed by atoms with van der Waals surface area (Å²) < 4.78 is 31.6. The summed E-state index contributed by atoms with van der Waals surface area (Å²) in [5.74, 6) is 0.938. The van der Waals surface area contributed by atoms with Crippen molar-refractivity contribution in [2.75, 3.05) is 5.75 Å². The molecule has 0 saturated carbocycles. The fraction of sp³-hybridized carbons (Fsp3) is 0.636. The maximum atomic E-state index is 11.4. The minimum atomic E-state index is -4.06. The molecule has 0 bridgehead atoms. The molecule has 0 saturated heterocycles. The number of thioether (sulfide) groups is 1. The SMILES string of the molecule is CCSC1(C(C)C)C=CC=CC1S(=O)(=O)O. The largest absolute Gasteiger partial charge is 0.285 e. The lowest BCUT2D eigenvalue weighted by molar-refractivity contribution is 0.439. The highest BCUT2D eigenvalue weighted by Crippen LogP contribution is 2.42. The molecule has 3 nitrogen and oxygen atoms in total. The van der Waals surface area contributed by atoms with Crippen LogP contribution in [0.2, 0.25) is 0 Å². The lowest BCUT2D eigenvalue weighted by atomic mass is 9.88. The minimum absolute atomic E-state index is 0.130. The quantitative estimate of drug-likeness (QED) is 0.791. The zero-order chi connectivity index (χ0) is 12.4. The highest BCUT2D eigenvalue weighted by molar-refractivity contribution is 8.01. The van der Waals surface area contributed by atoms with Crippen LogP contribution >= 0.6 is 11.8 Å². The van der Waals surface area contributed by atoms with Crippen molar-refractivity contribution < 1.29 is 13.0 Å². The number of hydrogen-bond donors (Lipinski definition) is 1. The predicted molar refractivity (Wildman–Crippen MR) is 69.3 cm³/mol. The molecule has 0 aromatic rings. The average Bonchev–Trinajstić information content (AvgIpc) is 2.17. The Hall–Kier alpha value is -0.260. The van der Waals surface area contributed by atoms with Crippen LogP contribution in [0.15, 0.2) is 24.3 Å². The van der Waals surface area contributed by atoms with Crippen LogP contribution in [-0.4, -0.2) is 28.7 Å². The molecule has 0 aromatic heterocycles. The van der Waals surface area contributed by atoms with Gasteiger partial charge in [-0.1, -0.05) is 45.1 Å². The minimum Gasteiger partial charge on any atom is -0.285 e. The van der Waals surface area contributed by atoms with Gasteiger partial charge in [-0.25, -0.2) is 0 Å². The molecule has 0 amide bonds. The van der Waals surface area contributed by atoms with Gasteiger partial charge >= 0.3 is 0 Å². The van der Waals surface area contributed by atoms with Crippen molar-refractivity contribution in [3.8, 4) is 0 Å². The molecular weight excluding hydrogens is 244 g/mol. The smallest absolute Gasteiger partial charge is 0.273 e. The molecule has 0 aliphatic heterocycles. The molecule has 5 heteroatoms. The van der Waals surface area contributed by atoms with Crippen LogP contribution in [0.25, 0.3) is 0 Å². The van der Waals surface area contributed by atoms with Gasteiger partial charge in [0, 0.05) is 0 Å². The van der Waals surface area contributed by atoms with Crippen LogP contribution in [0.3, 0.4) is 0 Å². The molecule has 0 aromatic carbocycles. The Morgan fingerprint density at radius 2 is 2.06 bits per heavy atom. The van der Waals surface area contributed by atoms with Crippen molar-refractivity contribution in [2.45, 2.75) is 30.8 Å². The van der Waals surface area contributed by atoms with Gasteiger partial charge in [-0.2, -0.15) is 8.42 Å². The topological polar surface area (TPSA) is 54.4 Å². The van der Waals surface area contributed by atoms with Crippen LogP contribution in [0.1, 0.15) is 20.8 Å². The van der Waals surface area contributed by atoms with Crippen molar-refractivity contribution in [3.05, 3.63) is 24.3 Å². The molecule has 0 fully saturated rings. The first kappa shape index (κ1) is 13.8. The van der Waals surface area contributed by atoms with Crippen molar-refractivity contribution >= 4 is 21.9 Å². The Morgan fingerprint density at radius 3 is 2.50 bits per heavy atom. The first-order valence-corrected chi connectivity index (χ1v) is 7.79. The summed E-state index contributed by atoms with van der Waals surface area (Å²) in [6.45, 7) is 5.94. The molecule has 92 valence electrons. The van der Waals surface area contributed by atoms with E-state index in [4.69, 9.17) is 0 Å². The van der Waals surface area contributed by atoms with Crippen molar-refractivity contribution in [3.63, 3.8) is 0 Å². The molecule has 0 heterocycles. The summed E-state index contributed by atoms with van der Waals surface area (Å²) >= 11 is 1.57. The van der Waals surface area contributed by atoms with Gasteiger partial charge < -0.3 is 0 Å². The van der Waals surface area contributed by atoms with E-state index >= 15 is 0 Å². The normalized spacial score (nSPS) is 29.9. The highest BCUT2D eigenvalue weighted by Gasteiger charge is 2.45. The molecule has 0 radical (unpaired) electrons. The molecule has 2 unspecified atom stereocenters. The fourth-order valence-corrected chi connectivity index (χ4v) is 4.94. The zero-order valence-electron chi connectivity index (χ0n) is 9.75. The highest BCUT2D eigenvalue weighted by atomic mass is 32.2. The predicted octanol–water partition coefficient (Wildman–Crippen LogP) is 2.52. The maximum absolute atomic E-state index is 11.4. The van der Waals surface area contributed by atoms with E-state index in [1.807, 2.05) is 32.9 Å². The Bertz CT molecular complexity index is 395. The third-order valence-corrected chi connectivity index (χ3v) is 5.80.